The van der Waals surface area contributed by atoms with Crippen LogP contribution in [-0.2, 0) is 14.8 Å². The number of carbonyl (C=O) groups is 1. The van der Waals surface area contributed by atoms with Gasteiger partial charge in [-0.05, 0) is 29.5 Å². The van der Waals surface area contributed by atoms with Gasteiger partial charge in [-0.2, -0.15) is 10.3 Å². The van der Waals surface area contributed by atoms with Gasteiger partial charge in [0.25, 0.3) is 15.9 Å². The van der Waals surface area contributed by atoms with Crippen LogP contribution in [0.5, 0.6) is 0 Å². The Bertz CT molecular complexity index is 888. The lowest BCUT2D eigenvalue weighted by Gasteiger charge is -2.31. The molecule has 23 heavy (non-hydrogen) atoms. The van der Waals surface area contributed by atoms with E-state index < -0.39 is 27.9 Å². The third kappa shape index (κ3) is 2.84. The smallest absolute Gasteiger partial charge is 0.268 e. The number of aliphatic imine (C=N–C) groups is 1. The summed E-state index contributed by atoms with van der Waals surface area (Å²) in [6.45, 7) is 0. The van der Waals surface area contributed by atoms with Crippen LogP contribution in [0.4, 0.5) is 0 Å². The lowest BCUT2D eigenvalue weighted by Crippen LogP contribution is -2.38. The molecule has 2 N–H and O–H groups in total. The maximum absolute atomic E-state index is 12.1. The van der Waals surface area contributed by atoms with Gasteiger partial charge >= 0.3 is 0 Å². The van der Waals surface area contributed by atoms with Crippen molar-refractivity contribution in [2.24, 2.45) is 21.2 Å². The van der Waals surface area contributed by atoms with Crippen LogP contribution >= 0.6 is 23.4 Å². The van der Waals surface area contributed by atoms with Crippen LogP contribution in [-0.4, -0.2) is 28.9 Å². The van der Waals surface area contributed by atoms with Crippen molar-refractivity contribution in [3.8, 4) is 6.07 Å². The number of hydrazone groups is 1. The Hall–Kier alpha value is -1.93. The molecule has 2 unspecified atom stereocenters. The maximum atomic E-state index is 12.1. The summed E-state index contributed by atoms with van der Waals surface area (Å²) >= 11 is 6.52. The molecule has 118 valence electrons. The first-order valence-corrected chi connectivity index (χ1v) is 8.91. The van der Waals surface area contributed by atoms with Gasteiger partial charge in [-0.25, -0.2) is 18.6 Å². The molecule has 2 atom stereocenters. The molecule has 3 rings (SSSR count). The first-order chi connectivity index (χ1) is 10.8. The van der Waals surface area contributed by atoms with Gasteiger partial charge in [0.05, 0.1) is 6.07 Å². The summed E-state index contributed by atoms with van der Waals surface area (Å²) in [7, 11) is -4.04. The minimum Gasteiger partial charge on any atom is -0.271 e. The van der Waals surface area contributed by atoms with Crippen molar-refractivity contribution in [1.82, 2.24) is 5.01 Å². The number of thioether (sulfide) groups is 1. The molecule has 1 aromatic rings. The Balaban J connectivity index is 2.13. The Kier molecular flexibility index (Phi) is 3.89. The predicted molar refractivity (Wildman–Crippen MR) is 85.7 cm³/mol. The summed E-state index contributed by atoms with van der Waals surface area (Å²) in [5.41, 5.74) is 0.585. The van der Waals surface area contributed by atoms with Crippen molar-refractivity contribution in [3.63, 3.8) is 0 Å². The number of halogens is 1. The molecule has 0 saturated carbocycles. The molecule has 2 aliphatic rings. The number of fused-ring (bicyclic) bond motifs is 1. The summed E-state index contributed by atoms with van der Waals surface area (Å²) in [6.07, 6.45) is 0. The van der Waals surface area contributed by atoms with Crippen LogP contribution in [0.3, 0.4) is 0 Å². The van der Waals surface area contributed by atoms with E-state index in [0.717, 1.165) is 0 Å². The molecule has 0 radical (unpaired) electrons. The van der Waals surface area contributed by atoms with E-state index in [1.165, 1.54) is 5.01 Å². The molecule has 1 amide bonds. The second-order valence-corrected chi connectivity index (χ2v) is 7.82. The fraction of sp³-hybridized carbons (Fsp3) is 0.167. The molecule has 0 bridgehead atoms. The zero-order valence-corrected chi connectivity index (χ0v) is 13.6. The molecule has 2 heterocycles. The van der Waals surface area contributed by atoms with E-state index in [1.807, 2.05) is 6.07 Å². The summed E-state index contributed by atoms with van der Waals surface area (Å²) in [5, 5.41) is 20.1. The number of hydrogen-bond donors (Lipinski definition) is 1. The van der Waals surface area contributed by atoms with Gasteiger partial charge in [-0.15, -0.1) is 5.10 Å². The van der Waals surface area contributed by atoms with Gasteiger partial charge in [0.1, 0.15) is 6.04 Å². The molecule has 2 aliphatic heterocycles. The lowest BCUT2D eigenvalue weighted by molar-refractivity contribution is -0.122. The zero-order valence-electron chi connectivity index (χ0n) is 11.2. The number of amides is 1. The maximum Gasteiger partial charge on any atom is 0.268 e. The summed E-state index contributed by atoms with van der Waals surface area (Å²) in [5.74, 6) is -1.78. The summed E-state index contributed by atoms with van der Waals surface area (Å²) < 4.78 is 22.6. The normalized spacial score (nSPS) is 23.9. The number of nitriles is 1. The molecule has 0 fully saturated rings. The third-order valence-electron chi connectivity index (χ3n) is 3.21. The van der Waals surface area contributed by atoms with Crippen molar-refractivity contribution in [2.45, 2.75) is 6.04 Å². The van der Waals surface area contributed by atoms with E-state index in [-0.39, 0.29) is 9.54 Å². The Labute approximate surface area is 140 Å². The van der Waals surface area contributed by atoms with Gasteiger partial charge in [-0.3, -0.25) is 4.79 Å². The third-order valence-corrected chi connectivity index (χ3v) is 5.69. The number of benzene rings is 1. The van der Waals surface area contributed by atoms with E-state index in [2.05, 4.69) is 10.1 Å². The lowest BCUT2D eigenvalue weighted by atomic mass is 9.92. The van der Waals surface area contributed by atoms with Gasteiger partial charge in [-0.1, -0.05) is 23.7 Å². The highest BCUT2D eigenvalue weighted by molar-refractivity contribution is 8.42. The number of amidine groups is 1. The fourth-order valence-corrected chi connectivity index (χ4v) is 3.89. The molecule has 11 heteroatoms. The van der Waals surface area contributed by atoms with E-state index in [0.29, 0.717) is 22.3 Å². The van der Waals surface area contributed by atoms with E-state index >= 15 is 0 Å². The molecule has 0 saturated heterocycles. The van der Waals surface area contributed by atoms with Gasteiger partial charge in [0.15, 0.2) is 11.1 Å². The molecule has 0 aliphatic carbocycles. The van der Waals surface area contributed by atoms with Crippen LogP contribution in [0.1, 0.15) is 11.6 Å². The standard InChI is InChI=1S/C12H8ClN5O3S2/c13-7-3-1-6(2-4-7)9-8(5-14)10(19)16-11-18(9)17-12(22-11)23(15,20)21/h1-4,8-9H,(H2,15,20,21). The van der Waals surface area contributed by atoms with Gasteiger partial charge in [0, 0.05) is 5.02 Å². The number of rotatable bonds is 1. The van der Waals surface area contributed by atoms with Crippen LogP contribution in [0.25, 0.3) is 0 Å². The predicted octanol–water partition coefficient (Wildman–Crippen LogP) is 1.03. The van der Waals surface area contributed by atoms with E-state index in [4.69, 9.17) is 16.7 Å². The minimum atomic E-state index is -4.04. The quantitative estimate of drug-likeness (QED) is 0.786. The Morgan fingerprint density at radius 1 is 1.35 bits per heavy atom. The highest BCUT2D eigenvalue weighted by atomic mass is 35.5. The molecule has 8 nitrogen and oxygen atoms in total. The van der Waals surface area contributed by atoms with Crippen molar-refractivity contribution in [1.29, 1.82) is 5.26 Å². The van der Waals surface area contributed by atoms with Crippen molar-refractivity contribution < 1.29 is 13.2 Å². The average molecular weight is 370 g/mol. The topological polar surface area (TPSA) is 129 Å². The molecular weight excluding hydrogens is 362 g/mol. The van der Waals surface area contributed by atoms with Crippen LogP contribution in [0.2, 0.25) is 5.02 Å². The Morgan fingerprint density at radius 2 is 2.00 bits per heavy atom. The summed E-state index contributed by atoms with van der Waals surface area (Å²) in [4.78, 5) is 15.8. The molecular formula is C12H8ClN5O3S2. The van der Waals surface area contributed by atoms with Crippen molar-refractivity contribution in [3.05, 3.63) is 34.9 Å². The highest BCUT2D eigenvalue weighted by Crippen LogP contribution is 2.40. The van der Waals surface area contributed by atoms with E-state index in [1.54, 1.807) is 24.3 Å². The monoisotopic (exact) mass is 369 g/mol. The number of carbonyl (C=O) groups excluding carboxylic acids is 1. The zero-order chi connectivity index (χ0) is 16.8. The molecule has 1 aromatic carbocycles. The van der Waals surface area contributed by atoms with Crippen molar-refractivity contribution >= 4 is 48.8 Å². The van der Waals surface area contributed by atoms with E-state index in [9.17, 15) is 18.5 Å². The molecule has 0 spiro atoms. The number of nitrogens with two attached hydrogens (primary N) is 1. The highest BCUT2D eigenvalue weighted by Gasteiger charge is 2.45. The van der Waals surface area contributed by atoms with Crippen molar-refractivity contribution in [2.75, 3.05) is 0 Å². The number of hydrogen-bond acceptors (Lipinski definition) is 7. The van der Waals surface area contributed by atoms with Crippen LogP contribution in [0, 0.1) is 17.2 Å². The molecule has 0 aromatic heterocycles. The Morgan fingerprint density at radius 3 is 2.57 bits per heavy atom. The number of primary sulfonamides is 1. The first-order valence-electron chi connectivity index (χ1n) is 6.17. The van der Waals surface area contributed by atoms with Crippen LogP contribution < -0.4 is 5.14 Å². The SMILES string of the molecule is N#CC1C(=O)N=C2SC(S(N)(=O)=O)=NN2C1c1ccc(Cl)cc1. The minimum absolute atomic E-state index is 0.0745. The largest absolute Gasteiger partial charge is 0.271 e. The fourth-order valence-electron chi connectivity index (χ4n) is 2.21. The summed E-state index contributed by atoms with van der Waals surface area (Å²) in [6, 6.07) is 7.59. The number of sulfonamides is 1. The average Bonchev–Trinajstić information content (AvgIpc) is 2.90. The first kappa shape index (κ1) is 15.9. The second-order valence-electron chi connectivity index (χ2n) is 4.69. The number of nitrogens with zero attached hydrogens (tertiary/aromatic N) is 4. The van der Waals surface area contributed by atoms with Gasteiger partial charge in [0.2, 0.25) is 4.38 Å². The second kappa shape index (κ2) is 5.61. The van der Waals surface area contributed by atoms with Gasteiger partial charge < -0.3 is 0 Å². The van der Waals surface area contributed by atoms with Crippen LogP contribution in [0.15, 0.2) is 34.4 Å².